The van der Waals surface area contributed by atoms with Crippen molar-refractivity contribution >= 4 is 16.7 Å². The Balaban J connectivity index is 1.91. The molecule has 0 fully saturated rings. The van der Waals surface area contributed by atoms with Crippen LogP contribution >= 0.6 is 0 Å². The van der Waals surface area contributed by atoms with Crippen LogP contribution in [0.3, 0.4) is 0 Å². The molecule has 0 amide bonds. The van der Waals surface area contributed by atoms with Gasteiger partial charge in [-0.15, -0.1) is 0 Å². The van der Waals surface area contributed by atoms with E-state index in [1.165, 1.54) is 13.2 Å². The molecule has 3 aromatic carbocycles. The van der Waals surface area contributed by atoms with Crippen LogP contribution in [0, 0.1) is 0 Å². The van der Waals surface area contributed by atoms with Gasteiger partial charge in [0.15, 0.2) is 11.5 Å². The summed E-state index contributed by atoms with van der Waals surface area (Å²) < 4.78 is 21.7. The molecule has 0 unspecified atom stereocenters. The molecule has 2 aliphatic heterocycles. The van der Waals surface area contributed by atoms with Gasteiger partial charge in [0.05, 0.1) is 19.3 Å². The maximum Gasteiger partial charge on any atom is 0.339 e. The van der Waals surface area contributed by atoms with Crippen molar-refractivity contribution < 1.29 is 34.0 Å². The summed E-state index contributed by atoms with van der Waals surface area (Å²) in [4.78, 5) is 12.6. The Hall–Kier alpha value is -3.45. The number of hydrogen-bond donors (Lipinski definition) is 2. The molecular formula is C21H16O7. The molecule has 0 aromatic heterocycles. The van der Waals surface area contributed by atoms with Crippen LogP contribution in [0.1, 0.15) is 21.5 Å². The van der Waals surface area contributed by atoms with Crippen LogP contribution in [-0.2, 0) is 18.0 Å². The second-order valence-corrected chi connectivity index (χ2v) is 6.59. The predicted octanol–water partition coefficient (Wildman–Crippen LogP) is 3.11. The molecule has 0 saturated heterocycles. The largest absolute Gasteiger partial charge is 0.508 e. The number of cyclic esters (lactones) is 1. The van der Waals surface area contributed by atoms with Crippen molar-refractivity contribution in [2.45, 2.75) is 13.2 Å². The minimum absolute atomic E-state index is 0.0645. The summed E-state index contributed by atoms with van der Waals surface area (Å²) in [5.41, 5.74) is 2.75. The molecule has 142 valence electrons. The number of hydrogen-bond acceptors (Lipinski definition) is 7. The van der Waals surface area contributed by atoms with Gasteiger partial charge in [-0.2, -0.15) is 0 Å². The highest BCUT2D eigenvalue weighted by Gasteiger charge is 2.32. The molecule has 28 heavy (non-hydrogen) atoms. The molecule has 7 nitrogen and oxygen atoms in total. The summed E-state index contributed by atoms with van der Waals surface area (Å²) in [5, 5.41) is 21.2. The van der Waals surface area contributed by atoms with Gasteiger partial charge in [-0.3, -0.25) is 0 Å². The van der Waals surface area contributed by atoms with E-state index in [9.17, 15) is 15.0 Å². The Kier molecular flexibility index (Phi) is 3.60. The molecule has 0 bridgehead atoms. The van der Waals surface area contributed by atoms with Crippen molar-refractivity contribution in [1.82, 2.24) is 0 Å². The van der Waals surface area contributed by atoms with Crippen LogP contribution in [0.2, 0.25) is 0 Å². The summed E-state index contributed by atoms with van der Waals surface area (Å²) in [5.74, 6) is 1.19. The number of carbonyl (C=O) groups excluding carboxylic acids is 1. The van der Waals surface area contributed by atoms with Gasteiger partial charge in [-0.1, -0.05) is 6.07 Å². The second kappa shape index (κ2) is 6.03. The number of benzene rings is 3. The molecule has 5 rings (SSSR count). The summed E-state index contributed by atoms with van der Waals surface area (Å²) in [6.07, 6.45) is 0. The van der Waals surface area contributed by atoms with Crippen LogP contribution in [0.25, 0.3) is 21.9 Å². The zero-order chi connectivity index (χ0) is 19.4. The van der Waals surface area contributed by atoms with E-state index in [1.807, 2.05) is 6.07 Å². The topological polar surface area (TPSA) is 94.5 Å². The number of methoxy groups -OCH3 is 1. The molecule has 0 atom stereocenters. The second-order valence-electron chi connectivity index (χ2n) is 6.59. The van der Waals surface area contributed by atoms with Crippen molar-refractivity contribution in [3.05, 3.63) is 47.0 Å². The van der Waals surface area contributed by atoms with Gasteiger partial charge in [0, 0.05) is 22.1 Å². The standard InChI is InChI=1S/C21H16O7/c1-25-20-13-4-11(7-22)15(23)6-12(13)18(19-14(20)8-26-21(19)24)10-2-3-16-17(5-10)28-9-27-16/h2-6,22-23H,7-9H2,1H3. The zero-order valence-corrected chi connectivity index (χ0v) is 14.9. The Morgan fingerprint density at radius 1 is 1.04 bits per heavy atom. The number of carbonyl (C=O) groups is 1. The molecule has 2 aliphatic rings. The lowest BCUT2D eigenvalue weighted by atomic mass is 9.88. The van der Waals surface area contributed by atoms with E-state index >= 15 is 0 Å². The fourth-order valence-corrected chi connectivity index (χ4v) is 3.87. The van der Waals surface area contributed by atoms with Gasteiger partial charge in [-0.05, 0) is 35.2 Å². The summed E-state index contributed by atoms with van der Waals surface area (Å²) in [7, 11) is 1.52. The lowest BCUT2D eigenvalue weighted by Gasteiger charge is -2.17. The van der Waals surface area contributed by atoms with E-state index in [0.717, 1.165) is 5.56 Å². The molecule has 2 N–H and O–H groups in total. The Morgan fingerprint density at radius 2 is 1.86 bits per heavy atom. The lowest BCUT2D eigenvalue weighted by Crippen LogP contribution is -2.02. The maximum atomic E-state index is 12.6. The molecule has 3 aromatic rings. The van der Waals surface area contributed by atoms with Crippen LogP contribution in [0.4, 0.5) is 0 Å². The number of aliphatic hydroxyl groups is 1. The Morgan fingerprint density at radius 3 is 2.64 bits per heavy atom. The third-order valence-corrected chi connectivity index (χ3v) is 5.15. The van der Waals surface area contributed by atoms with Gasteiger partial charge in [0.1, 0.15) is 18.1 Å². The molecule has 0 aliphatic carbocycles. The maximum absolute atomic E-state index is 12.6. The van der Waals surface area contributed by atoms with E-state index in [-0.39, 0.29) is 25.8 Å². The van der Waals surface area contributed by atoms with E-state index in [1.54, 1.807) is 18.2 Å². The fourth-order valence-electron chi connectivity index (χ4n) is 3.87. The zero-order valence-electron chi connectivity index (χ0n) is 14.9. The number of aromatic hydroxyl groups is 1. The Bertz CT molecular complexity index is 1150. The van der Waals surface area contributed by atoms with Crippen molar-refractivity contribution in [3.63, 3.8) is 0 Å². The highest BCUT2D eigenvalue weighted by molar-refractivity contribution is 6.13. The van der Waals surface area contributed by atoms with Crippen LogP contribution < -0.4 is 14.2 Å². The average molecular weight is 380 g/mol. The van der Waals surface area contributed by atoms with E-state index in [2.05, 4.69) is 0 Å². The van der Waals surface area contributed by atoms with E-state index < -0.39 is 5.97 Å². The molecule has 2 heterocycles. The van der Waals surface area contributed by atoms with Gasteiger partial charge in [-0.25, -0.2) is 4.79 Å². The molecular weight excluding hydrogens is 364 g/mol. The molecule has 7 heteroatoms. The smallest absolute Gasteiger partial charge is 0.339 e. The van der Waals surface area contributed by atoms with Crippen molar-refractivity contribution in [1.29, 1.82) is 0 Å². The fraction of sp³-hybridized carbons (Fsp3) is 0.190. The van der Waals surface area contributed by atoms with Crippen molar-refractivity contribution in [2.24, 2.45) is 0 Å². The minimum Gasteiger partial charge on any atom is -0.508 e. The minimum atomic E-state index is -0.450. The molecule has 0 spiro atoms. The average Bonchev–Trinajstić information content (AvgIpc) is 3.32. The highest BCUT2D eigenvalue weighted by atomic mass is 16.7. The van der Waals surface area contributed by atoms with E-state index in [4.69, 9.17) is 18.9 Å². The monoisotopic (exact) mass is 380 g/mol. The third kappa shape index (κ3) is 2.23. The van der Waals surface area contributed by atoms with Gasteiger partial charge in [0.25, 0.3) is 0 Å². The number of fused-ring (bicyclic) bond motifs is 3. The van der Waals surface area contributed by atoms with E-state index in [0.29, 0.717) is 50.3 Å². The number of rotatable bonds is 3. The third-order valence-electron chi connectivity index (χ3n) is 5.15. The number of ether oxygens (including phenoxy) is 4. The van der Waals surface area contributed by atoms with Gasteiger partial charge >= 0.3 is 5.97 Å². The van der Waals surface area contributed by atoms with Crippen LogP contribution in [0.15, 0.2) is 30.3 Å². The first-order valence-electron chi connectivity index (χ1n) is 8.68. The summed E-state index contributed by atoms with van der Waals surface area (Å²) >= 11 is 0. The number of phenols is 1. The quantitative estimate of drug-likeness (QED) is 0.674. The first-order valence-corrected chi connectivity index (χ1v) is 8.68. The number of esters is 1. The van der Waals surface area contributed by atoms with Gasteiger partial charge in [0.2, 0.25) is 6.79 Å². The molecule has 0 radical (unpaired) electrons. The van der Waals surface area contributed by atoms with Crippen LogP contribution in [-0.4, -0.2) is 30.1 Å². The van der Waals surface area contributed by atoms with Crippen molar-refractivity contribution in [3.8, 4) is 34.1 Å². The van der Waals surface area contributed by atoms with Crippen LogP contribution in [0.5, 0.6) is 23.0 Å². The lowest BCUT2D eigenvalue weighted by molar-refractivity contribution is 0.0535. The van der Waals surface area contributed by atoms with Crippen molar-refractivity contribution in [2.75, 3.05) is 13.9 Å². The van der Waals surface area contributed by atoms with Gasteiger partial charge < -0.3 is 29.2 Å². The SMILES string of the molecule is COc1c2c(c(-c3ccc4c(c3)OCO4)c3cc(O)c(CO)cc13)C(=O)OC2. The summed E-state index contributed by atoms with van der Waals surface area (Å²) in [6.45, 7) is -0.0834. The number of aliphatic hydroxyl groups excluding tert-OH is 1. The summed E-state index contributed by atoms with van der Waals surface area (Å²) in [6, 6.07) is 8.62. The Labute approximate surface area is 159 Å². The normalized spacial score (nSPS) is 14.3. The predicted molar refractivity (Wildman–Crippen MR) is 98.8 cm³/mol. The molecule has 0 saturated carbocycles. The first kappa shape index (κ1) is 16.7. The highest BCUT2D eigenvalue weighted by Crippen LogP contribution is 2.47. The first-order chi connectivity index (χ1) is 13.6.